The number of urea groups is 1. The summed E-state index contributed by atoms with van der Waals surface area (Å²) >= 11 is 0. The van der Waals surface area contributed by atoms with Gasteiger partial charge in [-0.05, 0) is 42.3 Å². The second-order valence-corrected chi connectivity index (χ2v) is 5.85. The summed E-state index contributed by atoms with van der Waals surface area (Å²) in [6, 6.07) is 9.77. The van der Waals surface area contributed by atoms with Crippen LogP contribution in [0.15, 0.2) is 42.5 Å². The minimum Gasteiger partial charge on any atom is -0.493 e. The van der Waals surface area contributed by atoms with E-state index in [0.717, 1.165) is 5.56 Å². The van der Waals surface area contributed by atoms with Gasteiger partial charge in [-0.2, -0.15) is 0 Å². The summed E-state index contributed by atoms with van der Waals surface area (Å²) in [4.78, 5) is 12.1. The number of ether oxygens (including phenoxy) is 3. The number of carbonyl (C=O) groups is 1. The first-order valence-electron chi connectivity index (χ1n) is 8.33. The van der Waals surface area contributed by atoms with Crippen molar-refractivity contribution in [2.75, 3.05) is 14.2 Å². The molecule has 0 heterocycles. The predicted molar refractivity (Wildman–Crippen MR) is 96.5 cm³/mol. The van der Waals surface area contributed by atoms with Gasteiger partial charge in [0.05, 0.1) is 20.3 Å². The summed E-state index contributed by atoms with van der Waals surface area (Å²) < 4.78 is 50.7. The van der Waals surface area contributed by atoms with E-state index in [2.05, 4.69) is 15.4 Å². The minimum absolute atomic E-state index is 0.261. The van der Waals surface area contributed by atoms with Crippen molar-refractivity contribution in [1.82, 2.24) is 10.6 Å². The van der Waals surface area contributed by atoms with Crippen LogP contribution in [-0.4, -0.2) is 26.6 Å². The Morgan fingerprint density at radius 2 is 1.68 bits per heavy atom. The third-order valence-electron chi connectivity index (χ3n) is 3.86. The standard InChI is InChI=1S/C19H21F3N2O4/c1-12(14-5-7-15(8-6-14)28-19(20,21)22)24-18(25)23-11-13-4-9-16(26-2)17(10-13)27-3/h4-10,12H,11H2,1-3H3,(H2,23,24,25). The Hall–Kier alpha value is -3.10. The number of halogens is 3. The molecule has 1 unspecified atom stereocenters. The lowest BCUT2D eigenvalue weighted by Crippen LogP contribution is -2.36. The van der Waals surface area contributed by atoms with E-state index in [0.29, 0.717) is 17.1 Å². The van der Waals surface area contributed by atoms with Crippen LogP contribution in [-0.2, 0) is 6.54 Å². The second-order valence-electron chi connectivity index (χ2n) is 5.85. The monoisotopic (exact) mass is 398 g/mol. The molecule has 2 N–H and O–H groups in total. The molecule has 2 amide bonds. The van der Waals surface area contributed by atoms with Crippen LogP contribution in [0.25, 0.3) is 0 Å². The van der Waals surface area contributed by atoms with Crippen molar-refractivity contribution in [1.29, 1.82) is 0 Å². The van der Waals surface area contributed by atoms with E-state index in [1.54, 1.807) is 25.1 Å². The first-order chi connectivity index (χ1) is 13.2. The molecular formula is C19H21F3N2O4. The number of rotatable bonds is 7. The summed E-state index contributed by atoms with van der Waals surface area (Å²) in [6.45, 7) is 1.98. The number of amides is 2. The summed E-state index contributed by atoms with van der Waals surface area (Å²) in [5.41, 5.74) is 1.45. The van der Waals surface area contributed by atoms with E-state index >= 15 is 0 Å². The average Bonchev–Trinajstić information content (AvgIpc) is 2.65. The first-order valence-corrected chi connectivity index (χ1v) is 8.33. The van der Waals surface area contributed by atoms with E-state index in [9.17, 15) is 18.0 Å². The Labute approximate surface area is 160 Å². The molecule has 0 saturated carbocycles. The molecule has 1 atom stereocenters. The minimum atomic E-state index is -4.74. The summed E-state index contributed by atoms with van der Waals surface area (Å²) in [5.74, 6) is 0.820. The van der Waals surface area contributed by atoms with Crippen LogP contribution in [0.2, 0.25) is 0 Å². The van der Waals surface area contributed by atoms with E-state index in [1.807, 2.05) is 0 Å². The topological polar surface area (TPSA) is 68.8 Å². The second kappa shape index (κ2) is 9.20. The zero-order valence-electron chi connectivity index (χ0n) is 15.6. The molecule has 6 nitrogen and oxygen atoms in total. The van der Waals surface area contributed by atoms with Gasteiger partial charge in [-0.1, -0.05) is 18.2 Å². The molecule has 9 heteroatoms. The molecule has 28 heavy (non-hydrogen) atoms. The number of nitrogens with one attached hydrogen (secondary N) is 2. The van der Waals surface area contributed by atoms with Crippen LogP contribution in [0, 0.1) is 0 Å². The molecule has 0 aromatic heterocycles. The first kappa shape index (κ1) is 21.2. The van der Waals surface area contributed by atoms with Crippen LogP contribution in [0.1, 0.15) is 24.1 Å². The molecular weight excluding hydrogens is 377 g/mol. The Kier molecular flexibility index (Phi) is 6.97. The number of carbonyl (C=O) groups excluding carboxylic acids is 1. The zero-order valence-corrected chi connectivity index (χ0v) is 15.6. The zero-order chi connectivity index (χ0) is 20.7. The van der Waals surface area contributed by atoms with Crippen LogP contribution >= 0.6 is 0 Å². The maximum atomic E-state index is 12.2. The maximum absolute atomic E-state index is 12.2. The predicted octanol–water partition coefficient (Wildman–Crippen LogP) is 4.16. The summed E-state index contributed by atoms with van der Waals surface area (Å²) in [7, 11) is 3.06. The highest BCUT2D eigenvalue weighted by Crippen LogP contribution is 2.27. The van der Waals surface area contributed by atoms with Gasteiger partial charge < -0.3 is 24.8 Å². The Balaban J connectivity index is 1.88. The van der Waals surface area contributed by atoms with E-state index in [4.69, 9.17) is 9.47 Å². The molecule has 0 aliphatic rings. The Bertz CT molecular complexity index is 795. The van der Waals surface area contributed by atoms with E-state index in [1.165, 1.54) is 38.5 Å². The van der Waals surface area contributed by atoms with Crippen LogP contribution in [0.5, 0.6) is 17.2 Å². The fraction of sp³-hybridized carbons (Fsp3) is 0.316. The lowest BCUT2D eigenvalue weighted by Gasteiger charge is -2.16. The van der Waals surface area contributed by atoms with Crippen LogP contribution in [0.4, 0.5) is 18.0 Å². The van der Waals surface area contributed by atoms with Crippen molar-refractivity contribution < 1.29 is 32.2 Å². The van der Waals surface area contributed by atoms with Gasteiger partial charge in [-0.15, -0.1) is 13.2 Å². The highest BCUT2D eigenvalue weighted by molar-refractivity contribution is 5.74. The Morgan fingerprint density at radius 3 is 2.25 bits per heavy atom. The van der Waals surface area contributed by atoms with Crippen molar-refractivity contribution >= 4 is 6.03 Å². The van der Waals surface area contributed by atoms with Gasteiger partial charge in [0.15, 0.2) is 11.5 Å². The third-order valence-corrected chi connectivity index (χ3v) is 3.86. The van der Waals surface area contributed by atoms with Gasteiger partial charge >= 0.3 is 12.4 Å². The lowest BCUT2D eigenvalue weighted by molar-refractivity contribution is -0.274. The largest absolute Gasteiger partial charge is 0.573 e. The smallest absolute Gasteiger partial charge is 0.493 e. The fourth-order valence-electron chi connectivity index (χ4n) is 2.46. The van der Waals surface area contributed by atoms with Gasteiger partial charge in [0.25, 0.3) is 0 Å². The Morgan fingerprint density at radius 1 is 1.04 bits per heavy atom. The molecule has 0 aliphatic heterocycles. The molecule has 0 bridgehead atoms. The van der Waals surface area contributed by atoms with Crippen molar-refractivity contribution in [3.63, 3.8) is 0 Å². The van der Waals surface area contributed by atoms with Crippen molar-refractivity contribution in [3.05, 3.63) is 53.6 Å². The molecule has 152 valence electrons. The van der Waals surface area contributed by atoms with E-state index in [-0.39, 0.29) is 12.3 Å². The van der Waals surface area contributed by atoms with Gasteiger partial charge in [0.2, 0.25) is 0 Å². The van der Waals surface area contributed by atoms with Gasteiger partial charge in [0, 0.05) is 6.54 Å². The molecule has 0 saturated heterocycles. The quantitative estimate of drug-likeness (QED) is 0.735. The van der Waals surface area contributed by atoms with Crippen LogP contribution < -0.4 is 24.8 Å². The van der Waals surface area contributed by atoms with Crippen molar-refractivity contribution in [2.24, 2.45) is 0 Å². The van der Waals surface area contributed by atoms with E-state index < -0.39 is 18.4 Å². The molecule has 0 spiro atoms. The summed E-state index contributed by atoms with van der Waals surface area (Å²) in [5, 5.41) is 5.43. The SMILES string of the molecule is COc1ccc(CNC(=O)NC(C)c2ccc(OC(F)(F)F)cc2)cc1OC. The number of methoxy groups -OCH3 is 2. The van der Waals surface area contributed by atoms with Crippen LogP contribution in [0.3, 0.4) is 0 Å². The molecule has 2 rings (SSSR count). The highest BCUT2D eigenvalue weighted by Gasteiger charge is 2.31. The molecule has 0 aliphatic carbocycles. The number of alkyl halides is 3. The maximum Gasteiger partial charge on any atom is 0.573 e. The van der Waals surface area contributed by atoms with Gasteiger partial charge in [-0.3, -0.25) is 0 Å². The number of hydrogen-bond donors (Lipinski definition) is 2. The average molecular weight is 398 g/mol. The van der Waals surface area contributed by atoms with Gasteiger partial charge in [-0.25, -0.2) is 4.79 Å². The van der Waals surface area contributed by atoms with Crippen molar-refractivity contribution in [3.8, 4) is 17.2 Å². The normalized spacial score (nSPS) is 12.1. The van der Waals surface area contributed by atoms with Crippen molar-refractivity contribution in [2.45, 2.75) is 25.9 Å². The molecule has 0 fully saturated rings. The lowest BCUT2D eigenvalue weighted by atomic mass is 10.1. The molecule has 2 aromatic rings. The number of benzene rings is 2. The highest BCUT2D eigenvalue weighted by atomic mass is 19.4. The third kappa shape index (κ3) is 6.26. The molecule has 2 aromatic carbocycles. The fourth-order valence-corrected chi connectivity index (χ4v) is 2.46. The van der Waals surface area contributed by atoms with Gasteiger partial charge in [0.1, 0.15) is 5.75 Å². The number of hydrogen-bond acceptors (Lipinski definition) is 4. The summed E-state index contributed by atoms with van der Waals surface area (Å²) in [6.07, 6.45) is -4.74. The molecule has 0 radical (unpaired) electrons.